The third-order valence-corrected chi connectivity index (χ3v) is 9.52. The van der Waals surface area contributed by atoms with Crippen molar-refractivity contribution in [1.29, 1.82) is 0 Å². The Morgan fingerprint density at radius 3 is 1.91 bits per heavy atom. The van der Waals surface area contributed by atoms with E-state index in [0.717, 1.165) is 0 Å². The van der Waals surface area contributed by atoms with Crippen LogP contribution in [0.4, 0.5) is 0 Å². The maximum Gasteiger partial charge on any atom is 0.0801 e. The zero-order valence-electron chi connectivity index (χ0n) is 19.5. The van der Waals surface area contributed by atoms with Crippen LogP contribution in [0.25, 0.3) is 11.0 Å². The predicted octanol–water partition coefficient (Wildman–Crippen LogP) is 9.43. The van der Waals surface area contributed by atoms with E-state index in [-0.39, 0.29) is 10.7 Å². The Morgan fingerprint density at radius 2 is 1.26 bits per heavy atom. The van der Waals surface area contributed by atoms with Crippen molar-refractivity contribution < 1.29 is 0 Å². The third kappa shape index (κ3) is 4.80. The van der Waals surface area contributed by atoms with Crippen molar-refractivity contribution in [3.05, 3.63) is 155 Å². The van der Waals surface area contributed by atoms with Crippen LogP contribution in [0.2, 0.25) is 0 Å². The number of benzene rings is 4. The standard InChI is InChI=1S/C32H28S2/c1-24-13-17-26(18-14-24)21-22-32(29-11-7-4-8-12-29)30(27-19-15-25(2)16-20-27)23-31(33-34-32)28-9-5-3-6-10-28/h3-23,30H,1-2H3/b22-21+. The molecule has 0 nitrogen and oxygen atoms in total. The first-order valence-corrected chi connectivity index (χ1v) is 13.8. The molecular formula is C32H28S2. The van der Waals surface area contributed by atoms with E-state index in [1.54, 1.807) is 0 Å². The van der Waals surface area contributed by atoms with Crippen LogP contribution >= 0.6 is 21.6 Å². The van der Waals surface area contributed by atoms with Gasteiger partial charge < -0.3 is 0 Å². The molecular weight excluding hydrogens is 448 g/mol. The van der Waals surface area contributed by atoms with Crippen molar-refractivity contribution in [3.63, 3.8) is 0 Å². The largest absolute Gasteiger partial charge is 0.0801 e. The van der Waals surface area contributed by atoms with Crippen molar-refractivity contribution in [2.45, 2.75) is 24.5 Å². The molecule has 168 valence electrons. The molecule has 0 saturated carbocycles. The Labute approximate surface area is 211 Å². The minimum absolute atomic E-state index is 0.193. The molecule has 0 N–H and O–H groups in total. The molecule has 34 heavy (non-hydrogen) atoms. The fourth-order valence-electron chi connectivity index (χ4n) is 4.38. The quantitative estimate of drug-likeness (QED) is 0.263. The van der Waals surface area contributed by atoms with Crippen molar-refractivity contribution in [2.75, 3.05) is 0 Å². The van der Waals surface area contributed by atoms with Gasteiger partial charge in [0.2, 0.25) is 0 Å². The van der Waals surface area contributed by atoms with E-state index in [1.165, 1.54) is 38.3 Å². The molecule has 0 radical (unpaired) electrons. The van der Waals surface area contributed by atoms with Crippen LogP contribution in [0.3, 0.4) is 0 Å². The summed E-state index contributed by atoms with van der Waals surface area (Å²) >= 11 is 0. The van der Waals surface area contributed by atoms with Crippen LogP contribution in [0, 0.1) is 13.8 Å². The normalized spacial score (nSPS) is 20.3. The Kier molecular flexibility index (Phi) is 6.80. The van der Waals surface area contributed by atoms with Crippen molar-refractivity contribution in [2.24, 2.45) is 0 Å². The Balaban J connectivity index is 1.68. The van der Waals surface area contributed by atoms with Crippen molar-refractivity contribution >= 4 is 32.6 Å². The Morgan fingerprint density at radius 1 is 0.676 bits per heavy atom. The minimum atomic E-state index is -0.232. The summed E-state index contributed by atoms with van der Waals surface area (Å²) in [5, 5.41) is 0. The van der Waals surface area contributed by atoms with Gasteiger partial charge in [-0.2, -0.15) is 0 Å². The number of rotatable bonds is 5. The lowest BCUT2D eigenvalue weighted by Crippen LogP contribution is -2.28. The van der Waals surface area contributed by atoms with E-state index in [1.807, 2.05) is 21.6 Å². The molecule has 0 aliphatic carbocycles. The molecule has 0 fully saturated rings. The molecule has 4 aromatic carbocycles. The van der Waals surface area contributed by atoms with Gasteiger partial charge in [0.1, 0.15) is 0 Å². The molecule has 4 aromatic rings. The van der Waals surface area contributed by atoms with E-state index in [9.17, 15) is 0 Å². The Hall–Kier alpha value is -2.94. The molecule has 2 atom stereocenters. The van der Waals surface area contributed by atoms with E-state index in [2.05, 4.69) is 141 Å². The molecule has 0 aromatic heterocycles. The fraction of sp³-hybridized carbons (Fsp3) is 0.125. The third-order valence-electron chi connectivity index (χ3n) is 6.37. The summed E-state index contributed by atoms with van der Waals surface area (Å²) in [6.45, 7) is 4.29. The van der Waals surface area contributed by atoms with Gasteiger partial charge >= 0.3 is 0 Å². The molecule has 2 heteroatoms. The topological polar surface area (TPSA) is 0 Å². The van der Waals surface area contributed by atoms with Crippen LogP contribution in [-0.2, 0) is 4.75 Å². The highest BCUT2D eigenvalue weighted by molar-refractivity contribution is 8.80. The lowest BCUT2D eigenvalue weighted by molar-refractivity contribution is 0.684. The van der Waals surface area contributed by atoms with Gasteiger partial charge in [0.15, 0.2) is 0 Å². The molecule has 1 aliphatic heterocycles. The van der Waals surface area contributed by atoms with Crippen LogP contribution in [-0.4, -0.2) is 0 Å². The van der Waals surface area contributed by atoms with Crippen molar-refractivity contribution in [3.8, 4) is 0 Å². The summed E-state index contributed by atoms with van der Waals surface area (Å²) in [5.74, 6) is 0.193. The van der Waals surface area contributed by atoms with Gasteiger partial charge in [-0.05, 0) is 36.1 Å². The average molecular weight is 477 g/mol. The van der Waals surface area contributed by atoms with Gasteiger partial charge in [0.05, 0.1) is 4.75 Å². The second-order valence-corrected chi connectivity index (χ2v) is 11.3. The maximum absolute atomic E-state index is 2.48. The van der Waals surface area contributed by atoms with E-state index in [4.69, 9.17) is 0 Å². The van der Waals surface area contributed by atoms with Gasteiger partial charge in [-0.15, -0.1) is 0 Å². The smallest absolute Gasteiger partial charge is 0.0720 e. The van der Waals surface area contributed by atoms with Crippen LogP contribution in [0.15, 0.2) is 121 Å². The predicted molar refractivity (Wildman–Crippen MR) is 152 cm³/mol. The van der Waals surface area contributed by atoms with Gasteiger partial charge in [0, 0.05) is 10.8 Å². The van der Waals surface area contributed by atoms with Gasteiger partial charge in [-0.3, -0.25) is 0 Å². The first kappa shape index (κ1) is 22.8. The second kappa shape index (κ2) is 10.1. The monoisotopic (exact) mass is 476 g/mol. The number of hydrogen-bond acceptors (Lipinski definition) is 2. The van der Waals surface area contributed by atoms with Crippen LogP contribution in [0.1, 0.15) is 39.3 Å². The summed E-state index contributed by atoms with van der Waals surface area (Å²) in [4.78, 5) is 1.33. The summed E-state index contributed by atoms with van der Waals surface area (Å²) in [7, 11) is 3.84. The first-order valence-electron chi connectivity index (χ1n) is 11.6. The summed E-state index contributed by atoms with van der Waals surface area (Å²) in [5.41, 5.74) is 7.74. The second-order valence-electron chi connectivity index (χ2n) is 8.86. The highest BCUT2D eigenvalue weighted by Gasteiger charge is 2.42. The minimum Gasteiger partial charge on any atom is -0.0720 e. The molecule has 0 amide bonds. The van der Waals surface area contributed by atoms with E-state index < -0.39 is 0 Å². The highest BCUT2D eigenvalue weighted by atomic mass is 33.1. The summed E-state index contributed by atoms with van der Waals surface area (Å²) in [6.07, 6.45) is 7.20. The lowest BCUT2D eigenvalue weighted by Gasteiger charge is -2.40. The van der Waals surface area contributed by atoms with Crippen LogP contribution < -0.4 is 0 Å². The van der Waals surface area contributed by atoms with E-state index >= 15 is 0 Å². The molecule has 1 aliphatic rings. The van der Waals surface area contributed by atoms with Gasteiger partial charge in [-0.25, -0.2) is 0 Å². The fourth-order valence-corrected chi connectivity index (χ4v) is 7.60. The zero-order chi connectivity index (χ0) is 23.4. The SMILES string of the molecule is Cc1ccc(/C=C/C2(c3ccccc3)SSC(c3ccccc3)=CC2c2ccc(C)cc2)cc1. The lowest BCUT2D eigenvalue weighted by atomic mass is 9.79. The molecule has 0 saturated heterocycles. The Bertz CT molecular complexity index is 1290. The highest BCUT2D eigenvalue weighted by Crippen LogP contribution is 2.62. The zero-order valence-corrected chi connectivity index (χ0v) is 21.2. The maximum atomic E-state index is 2.48. The van der Waals surface area contributed by atoms with Gasteiger partial charge in [-0.1, -0.05) is 160 Å². The number of allylic oxidation sites excluding steroid dienone is 1. The first-order chi connectivity index (χ1) is 16.6. The molecule has 1 heterocycles. The number of aryl methyl sites for hydroxylation is 2. The summed E-state index contributed by atoms with van der Waals surface area (Å²) < 4.78 is -0.232. The van der Waals surface area contributed by atoms with Gasteiger partial charge in [0.25, 0.3) is 0 Å². The van der Waals surface area contributed by atoms with Crippen LogP contribution in [0.5, 0.6) is 0 Å². The molecule has 0 spiro atoms. The van der Waals surface area contributed by atoms with Crippen molar-refractivity contribution in [1.82, 2.24) is 0 Å². The average Bonchev–Trinajstić information content (AvgIpc) is 2.90. The molecule has 5 rings (SSSR count). The molecule has 2 unspecified atom stereocenters. The molecule has 0 bridgehead atoms. The number of hydrogen-bond donors (Lipinski definition) is 0. The van der Waals surface area contributed by atoms with E-state index in [0.29, 0.717) is 0 Å². The summed E-state index contributed by atoms with van der Waals surface area (Å²) in [6, 6.07) is 39.6.